The first-order valence-corrected chi connectivity index (χ1v) is 6.28. The van der Waals surface area contributed by atoms with Crippen LogP contribution in [-0.4, -0.2) is 0 Å². The second-order valence-electron chi connectivity index (χ2n) is 4.43. The van der Waals surface area contributed by atoms with Gasteiger partial charge in [0.2, 0.25) is 0 Å². The lowest BCUT2D eigenvalue weighted by Gasteiger charge is -2.13. The summed E-state index contributed by atoms with van der Waals surface area (Å²) >= 11 is 0. The van der Waals surface area contributed by atoms with Crippen LogP contribution in [0.3, 0.4) is 0 Å². The Kier molecular flexibility index (Phi) is 4.19. The van der Waals surface area contributed by atoms with Crippen LogP contribution < -0.4 is 5.32 Å². The van der Waals surface area contributed by atoms with Gasteiger partial charge < -0.3 is 5.32 Å². The molecule has 0 saturated heterocycles. The van der Waals surface area contributed by atoms with Gasteiger partial charge >= 0.3 is 0 Å². The molecular formula is C17H19N. The highest BCUT2D eigenvalue weighted by molar-refractivity contribution is 5.55. The number of benzene rings is 2. The van der Waals surface area contributed by atoms with Crippen LogP contribution in [0.2, 0.25) is 0 Å². The first kappa shape index (κ1) is 12.4. The summed E-state index contributed by atoms with van der Waals surface area (Å²) in [7, 11) is 0. The molecule has 0 aliphatic heterocycles. The van der Waals surface area contributed by atoms with E-state index in [0.717, 1.165) is 13.0 Å². The molecule has 0 aromatic heterocycles. The minimum Gasteiger partial charge on any atom is -0.381 e. The van der Waals surface area contributed by atoms with Gasteiger partial charge in [-0.1, -0.05) is 48.5 Å². The largest absolute Gasteiger partial charge is 0.381 e. The molecule has 0 heterocycles. The number of hydrogen-bond donors (Lipinski definition) is 1. The van der Waals surface area contributed by atoms with Crippen LogP contribution in [-0.2, 0) is 13.0 Å². The fourth-order valence-corrected chi connectivity index (χ4v) is 2.08. The van der Waals surface area contributed by atoms with E-state index in [0.29, 0.717) is 0 Å². The minimum atomic E-state index is 0.856. The third kappa shape index (κ3) is 3.01. The molecule has 0 unspecified atom stereocenters. The summed E-state index contributed by atoms with van der Waals surface area (Å²) in [6.45, 7) is 6.83. The van der Waals surface area contributed by atoms with Gasteiger partial charge in [0.15, 0.2) is 0 Å². The van der Waals surface area contributed by atoms with Gasteiger partial charge in [0, 0.05) is 12.2 Å². The summed E-state index contributed by atoms with van der Waals surface area (Å²) in [6, 6.07) is 16.8. The quantitative estimate of drug-likeness (QED) is 0.763. The standard InChI is InChI=1S/C17H19N/c1-3-8-16-14(2)9-7-12-17(16)18-13-15-10-5-4-6-11-15/h3-7,9-12,18H,1,8,13H2,2H3. The number of aryl methyl sites for hydroxylation is 1. The Morgan fingerprint density at radius 1 is 1.06 bits per heavy atom. The highest BCUT2D eigenvalue weighted by atomic mass is 14.9. The van der Waals surface area contributed by atoms with Gasteiger partial charge in [-0.05, 0) is 36.1 Å². The summed E-state index contributed by atoms with van der Waals surface area (Å²) in [6.07, 6.45) is 2.86. The summed E-state index contributed by atoms with van der Waals surface area (Å²) in [4.78, 5) is 0. The predicted molar refractivity (Wildman–Crippen MR) is 78.8 cm³/mol. The van der Waals surface area contributed by atoms with Crippen molar-refractivity contribution < 1.29 is 0 Å². The van der Waals surface area contributed by atoms with Crippen LogP contribution in [0, 0.1) is 6.92 Å². The fraction of sp³-hybridized carbons (Fsp3) is 0.176. The van der Waals surface area contributed by atoms with E-state index in [-0.39, 0.29) is 0 Å². The normalized spacial score (nSPS) is 10.1. The van der Waals surface area contributed by atoms with E-state index >= 15 is 0 Å². The number of hydrogen-bond acceptors (Lipinski definition) is 1. The van der Waals surface area contributed by atoms with Crippen LogP contribution in [0.1, 0.15) is 16.7 Å². The maximum absolute atomic E-state index is 3.83. The SMILES string of the molecule is C=CCc1c(C)cccc1NCc1ccccc1. The molecule has 0 atom stereocenters. The predicted octanol–water partition coefficient (Wildman–Crippen LogP) is 4.34. The Balaban J connectivity index is 2.14. The van der Waals surface area contributed by atoms with E-state index < -0.39 is 0 Å². The van der Waals surface area contributed by atoms with E-state index in [4.69, 9.17) is 0 Å². The van der Waals surface area contributed by atoms with E-state index in [2.05, 4.69) is 61.3 Å². The van der Waals surface area contributed by atoms with Crippen molar-refractivity contribution in [1.29, 1.82) is 0 Å². The minimum absolute atomic E-state index is 0.856. The molecule has 2 aromatic rings. The summed E-state index contributed by atoms with van der Waals surface area (Å²) in [5.41, 5.74) is 5.15. The molecule has 18 heavy (non-hydrogen) atoms. The molecule has 0 aliphatic rings. The highest BCUT2D eigenvalue weighted by Gasteiger charge is 2.03. The number of allylic oxidation sites excluding steroid dienone is 1. The molecule has 0 fully saturated rings. The summed E-state index contributed by atoms with van der Waals surface area (Å²) in [5, 5.41) is 3.51. The lowest BCUT2D eigenvalue weighted by Crippen LogP contribution is -2.03. The third-order valence-electron chi connectivity index (χ3n) is 3.08. The summed E-state index contributed by atoms with van der Waals surface area (Å²) in [5.74, 6) is 0. The van der Waals surface area contributed by atoms with Gasteiger partial charge in [0.25, 0.3) is 0 Å². The van der Waals surface area contributed by atoms with Crippen LogP contribution >= 0.6 is 0 Å². The zero-order valence-electron chi connectivity index (χ0n) is 10.8. The Morgan fingerprint density at radius 2 is 1.83 bits per heavy atom. The molecule has 0 amide bonds. The molecule has 0 radical (unpaired) electrons. The van der Waals surface area contributed by atoms with Gasteiger partial charge in [-0.15, -0.1) is 6.58 Å². The fourth-order valence-electron chi connectivity index (χ4n) is 2.08. The second kappa shape index (κ2) is 6.06. The maximum Gasteiger partial charge on any atom is 0.0400 e. The van der Waals surface area contributed by atoms with Crippen molar-refractivity contribution in [3.8, 4) is 0 Å². The zero-order chi connectivity index (χ0) is 12.8. The van der Waals surface area contributed by atoms with Gasteiger partial charge in [-0.3, -0.25) is 0 Å². The molecule has 2 rings (SSSR count). The molecule has 0 bridgehead atoms. The van der Waals surface area contributed by atoms with Crippen molar-refractivity contribution in [2.24, 2.45) is 0 Å². The summed E-state index contributed by atoms with van der Waals surface area (Å²) < 4.78 is 0. The van der Waals surface area contributed by atoms with Gasteiger partial charge in [-0.25, -0.2) is 0 Å². The Hall–Kier alpha value is -2.02. The van der Waals surface area contributed by atoms with E-state index in [9.17, 15) is 0 Å². The van der Waals surface area contributed by atoms with Crippen LogP contribution in [0.4, 0.5) is 5.69 Å². The lowest BCUT2D eigenvalue weighted by atomic mass is 10.0. The molecular weight excluding hydrogens is 218 g/mol. The van der Waals surface area contributed by atoms with Crippen LogP contribution in [0.25, 0.3) is 0 Å². The van der Waals surface area contributed by atoms with Crippen molar-refractivity contribution in [3.05, 3.63) is 77.9 Å². The number of rotatable bonds is 5. The molecule has 0 aliphatic carbocycles. The molecule has 0 spiro atoms. The lowest BCUT2D eigenvalue weighted by molar-refractivity contribution is 1.12. The first-order chi connectivity index (χ1) is 8.81. The van der Waals surface area contributed by atoms with Crippen molar-refractivity contribution >= 4 is 5.69 Å². The van der Waals surface area contributed by atoms with Crippen LogP contribution in [0.15, 0.2) is 61.2 Å². The maximum atomic E-state index is 3.83. The monoisotopic (exact) mass is 237 g/mol. The number of nitrogens with one attached hydrogen (secondary N) is 1. The molecule has 1 nitrogen and oxygen atoms in total. The second-order valence-corrected chi connectivity index (χ2v) is 4.43. The Bertz CT molecular complexity index is 514. The van der Waals surface area contributed by atoms with Crippen molar-refractivity contribution in [2.45, 2.75) is 19.9 Å². The Morgan fingerprint density at radius 3 is 2.56 bits per heavy atom. The van der Waals surface area contributed by atoms with E-state index in [1.807, 2.05) is 12.1 Å². The van der Waals surface area contributed by atoms with Crippen molar-refractivity contribution in [1.82, 2.24) is 0 Å². The Labute approximate surface area is 109 Å². The molecule has 2 aromatic carbocycles. The van der Waals surface area contributed by atoms with E-state index in [1.54, 1.807) is 0 Å². The third-order valence-corrected chi connectivity index (χ3v) is 3.08. The molecule has 1 heteroatoms. The first-order valence-electron chi connectivity index (χ1n) is 6.28. The van der Waals surface area contributed by atoms with Crippen molar-refractivity contribution in [2.75, 3.05) is 5.32 Å². The molecule has 1 N–H and O–H groups in total. The topological polar surface area (TPSA) is 12.0 Å². The highest BCUT2D eigenvalue weighted by Crippen LogP contribution is 2.21. The van der Waals surface area contributed by atoms with Crippen LogP contribution in [0.5, 0.6) is 0 Å². The smallest absolute Gasteiger partial charge is 0.0400 e. The average molecular weight is 237 g/mol. The molecule has 0 saturated carbocycles. The zero-order valence-corrected chi connectivity index (χ0v) is 10.8. The van der Waals surface area contributed by atoms with Gasteiger partial charge in [-0.2, -0.15) is 0 Å². The van der Waals surface area contributed by atoms with Crippen molar-refractivity contribution in [3.63, 3.8) is 0 Å². The van der Waals surface area contributed by atoms with Gasteiger partial charge in [0.05, 0.1) is 0 Å². The van der Waals surface area contributed by atoms with Gasteiger partial charge in [0.1, 0.15) is 0 Å². The molecule has 92 valence electrons. The van der Waals surface area contributed by atoms with E-state index in [1.165, 1.54) is 22.4 Å². The average Bonchev–Trinajstić information content (AvgIpc) is 2.41. The number of anilines is 1.